The Morgan fingerprint density at radius 2 is 2.00 bits per heavy atom. The van der Waals surface area contributed by atoms with Crippen molar-refractivity contribution >= 4 is 23.2 Å². The number of hydrazone groups is 1. The maximum atomic E-state index is 13.0. The summed E-state index contributed by atoms with van der Waals surface area (Å²) in [7, 11) is 0. The third-order valence-electron chi connectivity index (χ3n) is 5.35. The lowest BCUT2D eigenvalue weighted by molar-refractivity contribution is -0.118. The maximum Gasteiger partial charge on any atom is 0.161 e. The Kier molecular flexibility index (Phi) is 3.50. The first-order chi connectivity index (χ1) is 11.4. The third-order valence-corrected chi connectivity index (χ3v) is 5.70. The van der Waals surface area contributed by atoms with Gasteiger partial charge >= 0.3 is 0 Å². The van der Waals surface area contributed by atoms with E-state index in [1.165, 1.54) is 0 Å². The number of benzene rings is 1. The normalized spacial score (nSPS) is 30.9. The molecule has 4 rings (SSSR count). The van der Waals surface area contributed by atoms with Crippen molar-refractivity contribution in [3.8, 4) is 0 Å². The summed E-state index contributed by atoms with van der Waals surface area (Å²) in [4.78, 5) is 13.0. The number of fused-ring (bicyclic) bond motifs is 1. The SMILES string of the molecule is CC1NN=C2NC3=C(C(=O)CC(C)(C)C3)C(c3ccccc3Cl)C21. The molecule has 5 heteroatoms. The standard InChI is InChI=1S/C19H22ClN3O/c1-10-15-16(11-6-4-5-7-12(11)20)17-13(21-18(15)23-22-10)8-19(2,3)9-14(17)24/h4-7,10,15-16,22H,8-9H2,1-3H3,(H,21,23). The summed E-state index contributed by atoms with van der Waals surface area (Å²) < 4.78 is 0. The monoisotopic (exact) mass is 343 g/mol. The van der Waals surface area contributed by atoms with Crippen LogP contribution in [0.2, 0.25) is 5.02 Å². The molecule has 3 aliphatic rings. The summed E-state index contributed by atoms with van der Waals surface area (Å²) in [6.45, 7) is 6.39. The van der Waals surface area contributed by atoms with Gasteiger partial charge in [0.15, 0.2) is 5.78 Å². The Balaban J connectivity index is 1.91. The Bertz CT molecular complexity index is 781. The number of nitrogens with zero attached hydrogens (tertiary/aromatic N) is 1. The maximum absolute atomic E-state index is 13.0. The molecule has 24 heavy (non-hydrogen) atoms. The van der Waals surface area contributed by atoms with Gasteiger partial charge in [-0.2, -0.15) is 5.10 Å². The molecule has 0 spiro atoms. The van der Waals surface area contributed by atoms with Gasteiger partial charge < -0.3 is 10.7 Å². The van der Waals surface area contributed by atoms with Crippen molar-refractivity contribution < 1.29 is 4.79 Å². The summed E-state index contributed by atoms with van der Waals surface area (Å²) in [5.74, 6) is 1.23. The van der Waals surface area contributed by atoms with Crippen LogP contribution in [0.4, 0.5) is 0 Å². The van der Waals surface area contributed by atoms with E-state index in [1.807, 2.05) is 24.3 Å². The van der Waals surface area contributed by atoms with Gasteiger partial charge in [0, 0.05) is 28.6 Å². The average Bonchev–Trinajstić information content (AvgIpc) is 2.86. The smallest absolute Gasteiger partial charge is 0.161 e. The first-order valence-electron chi connectivity index (χ1n) is 8.48. The van der Waals surface area contributed by atoms with Crippen LogP contribution in [0.5, 0.6) is 0 Å². The minimum Gasteiger partial charge on any atom is -0.345 e. The van der Waals surface area contributed by atoms with Gasteiger partial charge in [0.25, 0.3) is 0 Å². The van der Waals surface area contributed by atoms with E-state index < -0.39 is 0 Å². The molecule has 1 aromatic rings. The lowest BCUT2D eigenvalue weighted by Crippen LogP contribution is -2.47. The molecule has 3 atom stereocenters. The molecule has 3 unspecified atom stereocenters. The van der Waals surface area contributed by atoms with Gasteiger partial charge in [-0.25, -0.2) is 0 Å². The number of nitrogens with one attached hydrogen (secondary N) is 2. The van der Waals surface area contributed by atoms with Gasteiger partial charge in [0.1, 0.15) is 5.84 Å². The number of hydrogen-bond acceptors (Lipinski definition) is 4. The highest BCUT2D eigenvalue weighted by Crippen LogP contribution is 2.48. The van der Waals surface area contributed by atoms with E-state index >= 15 is 0 Å². The van der Waals surface area contributed by atoms with Crippen molar-refractivity contribution in [3.63, 3.8) is 0 Å². The molecule has 1 aliphatic carbocycles. The molecule has 0 aromatic heterocycles. The second kappa shape index (κ2) is 5.35. The number of ketones is 1. The van der Waals surface area contributed by atoms with Crippen LogP contribution >= 0.6 is 11.6 Å². The Morgan fingerprint density at radius 1 is 1.25 bits per heavy atom. The second-order valence-corrected chi connectivity index (χ2v) is 8.31. The highest BCUT2D eigenvalue weighted by Gasteiger charge is 2.48. The number of amidine groups is 1. The molecule has 2 aliphatic heterocycles. The predicted molar refractivity (Wildman–Crippen MR) is 95.9 cm³/mol. The number of Topliss-reactive ketones (excluding diaryl/α,β-unsaturated/α-hetero) is 1. The third kappa shape index (κ3) is 2.35. The van der Waals surface area contributed by atoms with Crippen LogP contribution in [-0.4, -0.2) is 17.7 Å². The van der Waals surface area contributed by atoms with E-state index in [0.717, 1.165) is 29.1 Å². The molecule has 126 valence electrons. The summed E-state index contributed by atoms with van der Waals surface area (Å²) in [6.07, 6.45) is 1.44. The average molecular weight is 344 g/mol. The fraction of sp³-hybridized carbons (Fsp3) is 0.474. The van der Waals surface area contributed by atoms with E-state index in [0.29, 0.717) is 11.4 Å². The van der Waals surface area contributed by atoms with Crippen molar-refractivity contribution in [3.05, 3.63) is 46.1 Å². The molecular weight excluding hydrogens is 322 g/mol. The summed E-state index contributed by atoms with van der Waals surface area (Å²) in [6, 6.07) is 8.02. The molecule has 0 fully saturated rings. The van der Waals surface area contributed by atoms with Crippen LogP contribution in [0.1, 0.15) is 45.1 Å². The Labute approximate surface area is 147 Å². The first kappa shape index (κ1) is 15.7. The van der Waals surface area contributed by atoms with Crippen LogP contribution < -0.4 is 10.7 Å². The van der Waals surface area contributed by atoms with Gasteiger partial charge in [-0.3, -0.25) is 4.79 Å². The number of rotatable bonds is 1. The second-order valence-electron chi connectivity index (χ2n) is 7.90. The molecule has 2 heterocycles. The topological polar surface area (TPSA) is 53.5 Å². The molecule has 0 saturated heterocycles. The van der Waals surface area contributed by atoms with Crippen LogP contribution in [0.15, 0.2) is 40.6 Å². The van der Waals surface area contributed by atoms with Gasteiger partial charge in [-0.05, 0) is 30.4 Å². The van der Waals surface area contributed by atoms with Crippen LogP contribution in [0.3, 0.4) is 0 Å². The van der Waals surface area contributed by atoms with E-state index in [1.54, 1.807) is 0 Å². The lowest BCUT2D eigenvalue weighted by atomic mass is 9.66. The number of halogens is 1. The van der Waals surface area contributed by atoms with Gasteiger partial charge in [0.2, 0.25) is 0 Å². The fourth-order valence-electron chi connectivity index (χ4n) is 4.34. The number of hydrogen-bond donors (Lipinski definition) is 2. The Morgan fingerprint density at radius 3 is 2.75 bits per heavy atom. The summed E-state index contributed by atoms with van der Waals surface area (Å²) >= 11 is 6.52. The van der Waals surface area contributed by atoms with Crippen molar-refractivity contribution in [2.75, 3.05) is 0 Å². The van der Waals surface area contributed by atoms with Crippen molar-refractivity contribution in [2.45, 2.75) is 45.6 Å². The number of carbonyl (C=O) groups excluding carboxylic acids is 1. The molecule has 0 bridgehead atoms. The van der Waals surface area contributed by atoms with Gasteiger partial charge in [-0.15, -0.1) is 0 Å². The number of carbonyl (C=O) groups is 1. The highest BCUT2D eigenvalue weighted by molar-refractivity contribution is 6.31. The predicted octanol–water partition coefficient (Wildman–Crippen LogP) is 3.59. The van der Waals surface area contributed by atoms with E-state index in [2.05, 4.69) is 36.6 Å². The zero-order valence-corrected chi connectivity index (χ0v) is 14.9. The van der Waals surface area contributed by atoms with Crippen molar-refractivity contribution in [2.24, 2.45) is 16.4 Å². The molecule has 1 aromatic carbocycles. The lowest BCUT2D eigenvalue weighted by Gasteiger charge is -2.42. The van der Waals surface area contributed by atoms with E-state index in [-0.39, 0.29) is 29.1 Å². The molecular formula is C19H22ClN3O. The number of allylic oxidation sites excluding steroid dienone is 2. The summed E-state index contributed by atoms with van der Waals surface area (Å²) in [5, 5.41) is 8.65. The van der Waals surface area contributed by atoms with Crippen molar-refractivity contribution in [1.29, 1.82) is 0 Å². The van der Waals surface area contributed by atoms with Crippen molar-refractivity contribution in [1.82, 2.24) is 10.7 Å². The minimum absolute atomic E-state index is 0.0288. The van der Waals surface area contributed by atoms with Crippen LogP contribution in [0, 0.1) is 11.3 Å². The molecule has 0 amide bonds. The van der Waals surface area contributed by atoms with Gasteiger partial charge in [0.05, 0.1) is 12.0 Å². The molecule has 0 radical (unpaired) electrons. The van der Waals surface area contributed by atoms with E-state index in [4.69, 9.17) is 11.6 Å². The molecule has 2 N–H and O–H groups in total. The Hall–Kier alpha value is -1.81. The summed E-state index contributed by atoms with van der Waals surface area (Å²) in [5.41, 5.74) is 6.09. The molecule has 0 saturated carbocycles. The molecule has 4 nitrogen and oxygen atoms in total. The first-order valence-corrected chi connectivity index (χ1v) is 8.86. The van der Waals surface area contributed by atoms with Gasteiger partial charge in [-0.1, -0.05) is 43.6 Å². The minimum atomic E-state index is -0.0395. The quantitative estimate of drug-likeness (QED) is 0.819. The zero-order valence-electron chi connectivity index (χ0n) is 14.2. The largest absolute Gasteiger partial charge is 0.345 e. The van der Waals surface area contributed by atoms with Crippen LogP contribution in [-0.2, 0) is 4.79 Å². The van der Waals surface area contributed by atoms with E-state index in [9.17, 15) is 4.79 Å². The van der Waals surface area contributed by atoms with Crippen LogP contribution in [0.25, 0.3) is 0 Å². The fourth-order valence-corrected chi connectivity index (χ4v) is 4.59. The zero-order chi connectivity index (χ0) is 17.1. The highest BCUT2D eigenvalue weighted by atomic mass is 35.5.